The molecule has 3 rings (SSSR count). The minimum absolute atomic E-state index is 0.0301. The second kappa shape index (κ2) is 12.4. The Balaban J connectivity index is 1.73. The van der Waals surface area contributed by atoms with Gasteiger partial charge >= 0.3 is 18.0 Å². The van der Waals surface area contributed by atoms with Crippen LogP contribution in [0, 0.1) is 20.2 Å². The second-order valence-electron chi connectivity index (χ2n) is 8.03. The Morgan fingerprint density at radius 1 is 0.974 bits per heavy atom. The summed E-state index contributed by atoms with van der Waals surface area (Å²) in [7, 11) is 0. The molecule has 1 aliphatic heterocycles. The Morgan fingerprint density at radius 3 is 1.95 bits per heavy atom. The zero-order valence-electron chi connectivity index (χ0n) is 20.0. The van der Waals surface area contributed by atoms with E-state index in [2.05, 4.69) is 11.9 Å². The van der Waals surface area contributed by atoms with Gasteiger partial charge in [-0.1, -0.05) is 12.7 Å². The minimum Gasteiger partial charge on any atom is -0.454 e. The maximum absolute atomic E-state index is 12.7. The Bertz CT molecular complexity index is 1210. The van der Waals surface area contributed by atoms with E-state index < -0.39 is 52.4 Å². The van der Waals surface area contributed by atoms with Gasteiger partial charge in [0.05, 0.1) is 33.1 Å². The molecule has 0 spiro atoms. The quantitative estimate of drug-likeness (QED) is 0.165. The summed E-state index contributed by atoms with van der Waals surface area (Å²) in [5.74, 6) is -1.65. The number of nitro groups is 2. The first-order valence-electron chi connectivity index (χ1n) is 11.2. The summed E-state index contributed by atoms with van der Waals surface area (Å²) < 4.78 is 21.6. The number of esters is 2. The normalized spacial score (nSPS) is 20.4. The predicted molar refractivity (Wildman–Crippen MR) is 128 cm³/mol. The van der Waals surface area contributed by atoms with Gasteiger partial charge < -0.3 is 24.3 Å². The molecule has 0 radical (unpaired) electrons. The van der Waals surface area contributed by atoms with Crippen molar-refractivity contribution in [2.45, 2.75) is 37.9 Å². The van der Waals surface area contributed by atoms with Gasteiger partial charge in [-0.25, -0.2) is 14.4 Å². The van der Waals surface area contributed by atoms with Crippen molar-refractivity contribution in [2.24, 2.45) is 0 Å². The number of benzene rings is 2. The van der Waals surface area contributed by atoms with E-state index in [0.717, 1.165) is 24.3 Å². The largest absolute Gasteiger partial charge is 0.454 e. The Hall–Kier alpha value is -4.85. The van der Waals surface area contributed by atoms with Crippen molar-refractivity contribution in [3.63, 3.8) is 0 Å². The number of alkyl carbamates (subject to hydrolysis) is 1. The van der Waals surface area contributed by atoms with Crippen LogP contribution in [0.25, 0.3) is 0 Å². The number of carbonyl (C=O) groups excluding carboxylic acids is 3. The van der Waals surface area contributed by atoms with E-state index in [1.54, 1.807) is 0 Å². The number of nitrogens with one attached hydrogen (secondary N) is 1. The van der Waals surface area contributed by atoms with Crippen LogP contribution in [0.1, 0.15) is 34.1 Å². The molecule has 4 atom stereocenters. The molecule has 4 unspecified atom stereocenters. The third kappa shape index (κ3) is 7.10. The Labute approximate surface area is 215 Å². The maximum Gasteiger partial charge on any atom is 0.407 e. The first-order valence-corrected chi connectivity index (χ1v) is 11.2. The smallest absolute Gasteiger partial charge is 0.407 e. The minimum atomic E-state index is -1.17. The fraction of sp³-hybridized carbons (Fsp3) is 0.292. The number of amides is 1. The molecule has 0 bridgehead atoms. The number of hydrogen-bond donors (Lipinski definition) is 1. The summed E-state index contributed by atoms with van der Waals surface area (Å²) in [6.07, 6.45) is -2.74. The molecule has 0 aliphatic carbocycles. The van der Waals surface area contributed by atoms with Gasteiger partial charge in [0.1, 0.15) is 12.7 Å². The van der Waals surface area contributed by atoms with E-state index in [1.165, 1.54) is 37.3 Å². The molecule has 2 aromatic rings. The van der Waals surface area contributed by atoms with E-state index in [1.807, 2.05) is 0 Å². The molecule has 1 fully saturated rings. The van der Waals surface area contributed by atoms with Crippen LogP contribution in [-0.2, 0) is 18.9 Å². The average Bonchev–Trinajstić information content (AvgIpc) is 2.89. The van der Waals surface area contributed by atoms with Gasteiger partial charge in [0.2, 0.25) is 6.29 Å². The zero-order chi connectivity index (χ0) is 27.8. The van der Waals surface area contributed by atoms with Gasteiger partial charge in [-0.3, -0.25) is 20.2 Å². The van der Waals surface area contributed by atoms with Crippen molar-refractivity contribution >= 4 is 29.4 Å². The highest BCUT2D eigenvalue weighted by molar-refractivity contribution is 5.90. The number of rotatable bonds is 9. The van der Waals surface area contributed by atoms with Crippen LogP contribution in [0.15, 0.2) is 61.2 Å². The predicted octanol–water partition coefficient (Wildman–Crippen LogP) is 3.30. The highest BCUT2D eigenvalue weighted by Gasteiger charge is 2.42. The first kappa shape index (κ1) is 27.7. The SMILES string of the molecule is C=CCOC(=O)NC1CC(OC(=O)c2ccc([N+](=O)[O-])cc2)OC(C)C1OC(=O)c1ccc([N+](=O)[O-])cc1. The fourth-order valence-corrected chi connectivity index (χ4v) is 3.58. The van der Waals surface area contributed by atoms with Crippen LogP contribution in [0.3, 0.4) is 0 Å². The summed E-state index contributed by atoms with van der Waals surface area (Å²) in [4.78, 5) is 58.0. The van der Waals surface area contributed by atoms with Crippen LogP contribution in [0.5, 0.6) is 0 Å². The lowest BCUT2D eigenvalue weighted by Gasteiger charge is -2.39. The molecule has 200 valence electrons. The lowest BCUT2D eigenvalue weighted by Crippen LogP contribution is -2.57. The van der Waals surface area contributed by atoms with Crippen LogP contribution in [-0.4, -0.2) is 59.0 Å². The van der Waals surface area contributed by atoms with E-state index in [0.29, 0.717) is 0 Å². The molecule has 38 heavy (non-hydrogen) atoms. The third-order valence-corrected chi connectivity index (χ3v) is 5.42. The zero-order valence-corrected chi connectivity index (χ0v) is 20.0. The molecule has 1 aliphatic rings. The summed E-state index contributed by atoms with van der Waals surface area (Å²) in [5.41, 5.74) is -0.349. The van der Waals surface area contributed by atoms with Crippen LogP contribution >= 0.6 is 0 Å². The number of carbonyl (C=O) groups is 3. The topological polar surface area (TPSA) is 186 Å². The van der Waals surface area contributed by atoms with Crippen molar-refractivity contribution < 1.29 is 43.2 Å². The molecule has 2 aromatic carbocycles. The van der Waals surface area contributed by atoms with Crippen molar-refractivity contribution in [3.05, 3.63) is 92.5 Å². The molecular weight excluding hydrogens is 506 g/mol. The second-order valence-corrected chi connectivity index (χ2v) is 8.03. The fourth-order valence-electron chi connectivity index (χ4n) is 3.58. The molecule has 1 heterocycles. The first-order chi connectivity index (χ1) is 18.1. The van der Waals surface area contributed by atoms with Gasteiger partial charge in [0.25, 0.3) is 11.4 Å². The van der Waals surface area contributed by atoms with E-state index in [4.69, 9.17) is 18.9 Å². The van der Waals surface area contributed by atoms with E-state index >= 15 is 0 Å². The lowest BCUT2D eigenvalue weighted by molar-refractivity contribution is -0.385. The van der Waals surface area contributed by atoms with Gasteiger partial charge in [-0.15, -0.1) is 0 Å². The van der Waals surface area contributed by atoms with Crippen LogP contribution in [0.4, 0.5) is 16.2 Å². The molecule has 1 N–H and O–H groups in total. The van der Waals surface area contributed by atoms with Crippen molar-refractivity contribution in [2.75, 3.05) is 6.61 Å². The van der Waals surface area contributed by atoms with Crippen LogP contribution in [0.2, 0.25) is 0 Å². The summed E-state index contributed by atoms with van der Waals surface area (Å²) in [5, 5.41) is 24.2. The van der Waals surface area contributed by atoms with Gasteiger partial charge in [-0.05, 0) is 31.2 Å². The Kier molecular flexibility index (Phi) is 9.05. The number of nitrogens with zero attached hydrogens (tertiary/aromatic N) is 2. The highest BCUT2D eigenvalue weighted by Crippen LogP contribution is 2.26. The number of ether oxygens (including phenoxy) is 4. The van der Waals surface area contributed by atoms with E-state index in [9.17, 15) is 34.6 Å². The van der Waals surface area contributed by atoms with Gasteiger partial charge in [-0.2, -0.15) is 0 Å². The monoisotopic (exact) mass is 529 g/mol. The average molecular weight is 529 g/mol. The third-order valence-electron chi connectivity index (χ3n) is 5.42. The molecule has 14 heteroatoms. The molecule has 14 nitrogen and oxygen atoms in total. The molecule has 0 saturated carbocycles. The Morgan fingerprint density at radius 2 is 1.47 bits per heavy atom. The number of nitro benzene ring substituents is 2. The summed E-state index contributed by atoms with van der Waals surface area (Å²) in [6.45, 7) is 4.90. The van der Waals surface area contributed by atoms with E-state index in [-0.39, 0.29) is 35.5 Å². The molecule has 1 saturated heterocycles. The lowest BCUT2D eigenvalue weighted by atomic mass is 9.99. The molecular formula is C24H23N3O11. The summed E-state index contributed by atoms with van der Waals surface area (Å²) in [6, 6.07) is 8.57. The van der Waals surface area contributed by atoms with Crippen molar-refractivity contribution in [3.8, 4) is 0 Å². The number of non-ortho nitro benzene ring substituents is 2. The van der Waals surface area contributed by atoms with Gasteiger partial charge in [0.15, 0.2) is 0 Å². The standard InChI is InChI=1S/C24H23N3O11/c1-3-12-35-24(30)25-19-13-20(37-22(28)15-4-8-17(9-5-15)26(31)32)36-14(2)21(19)38-23(29)16-6-10-18(11-7-16)27(33)34/h3-11,14,19-21H,1,12-13H2,2H3,(H,25,30). The molecule has 0 aromatic heterocycles. The maximum atomic E-state index is 12.7. The number of hydrogen-bond acceptors (Lipinski definition) is 11. The van der Waals surface area contributed by atoms with Crippen molar-refractivity contribution in [1.29, 1.82) is 0 Å². The highest BCUT2D eigenvalue weighted by atomic mass is 16.7. The summed E-state index contributed by atoms with van der Waals surface area (Å²) >= 11 is 0. The van der Waals surface area contributed by atoms with Gasteiger partial charge in [0, 0.05) is 30.7 Å². The van der Waals surface area contributed by atoms with Crippen LogP contribution < -0.4 is 5.32 Å². The van der Waals surface area contributed by atoms with Crippen molar-refractivity contribution in [1.82, 2.24) is 5.32 Å². The molecule has 1 amide bonds.